The fraction of sp³-hybridized carbons (Fsp3) is 0.333. The lowest BCUT2D eigenvalue weighted by molar-refractivity contribution is 0.481. The third-order valence-corrected chi connectivity index (χ3v) is 3.15. The molecule has 0 radical (unpaired) electrons. The van der Waals surface area contributed by atoms with E-state index < -0.39 is 0 Å². The molecule has 1 unspecified atom stereocenters. The zero-order valence-corrected chi connectivity index (χ0v) is 10.2. The zero-order chi connectivity index (χ0) is 12.5. The van der Waals surface area contributed by atoms with Crippen LogP contribution in [0.5, 0.6) is 0 Å². The molecule has 0 fully saturated rings. The fourth-order valence-corrected chi connectivity index (χ4v) is 2.28. The number of nitrogens with one attached hydrogen (secondary N) is 2. The van der Waals surface area contributed by atoms with E-state index in [0.717, 1.165) is 24.6 Å². The standard InChI is InChI=1S/C12H16N6/c1-14-11-16-12-15-6-5-10(18(12)17-11)8-3-2-4-9(13)7-8/h2-4,7,10H,5-6,13H2,1H3,(H2,14,15,16,17). The largest absolute Gasteiger partial charge is 0.399 e. The lowest BCUT2D eigenvalue weighted by Gasteiger charge is -2.24. The molecule has 1 aliphatic heterocycles. The summed E-state index contributed by atoms with van der Waals surface area (Å²) < 4.78 is 1.92. The van der Waals surface area contributed by atoms with Crippen LogP contribution in [0.2, 0.25) is 0 Å². The van der Waals surface area contributed by atoms with Crippen molar-refractivity contribution < 1.29 is 0 Å². The maximum atomic E-state index is 5.84. The summed E-state index contributed by atoms with van der Waals surface area (Å²) >= 11 is 0. The van der Waals surface area contributed by atoms with Crippen LogP contribution >= 0.6 is 0 Å². The number of fused-ring (bicyclic) bond motifs is 1. The van der Waals surface area contributed by atoms with E-state index in [2.05, 4.69) is 26.8 Å². The van der Waals surface area contributed by atoms with Crippen molar-refractivity contribution in [2.24, 2.45) is 0 Å². The van der Waals surface area contributed by atoms with Gasteiger partial charge in [-0.25, -0.2) is 4.68 Å². The highest BCUT2D eigenvalue weighted by molar-refractivity contribution is 5.44. The summed E-state index contributed by atoms with van der Waals surface area (Å²) in [5, 5.41) is 10.7. The van der Waals surface area contributed by atoms with Gasteiger partial charge < -0.3 is 16.4 Å². The first-order valence-corrected chi connectivity index (χ1v) is 6.01. The lowest BCUT2D eigenvalue weighted by atomic mass is 10.0. The molecule has 6 nitrogen and oxygen atoms in total. The predicted molar refractivity (Wildman–Crippen MR) is 71.7 cm³/mol. The minimum Gasteiger partial charge on any atom is -0.399 e. The van der Waals surface area contributed by atoms with Crippen LogP contribution in [0, 0.1) is 0 Å². The molecule has 6 heteroatoms. The van der Waals surface area contributed by atoms with Gasteiger partial charge in [0.2, 0.25) is 11.9 Å². The van der Waals surface area contributed by atoms with Crippen molar-refractivity contribution in [1.82, 2.24) is 14.8 Å². The summed E-state index contributed by atoms with van der Waals surface area (Å²) in [6.45, 7) is 0.890. The molecule has 4 N–H and O–H groups in total. The topological polar surface area (TPSA) is 80.8 Å². The first-order valence-electron chi connectivity index (χ1n) is 6.01. The van der Waals surface area contributed by atoms with Crippen molar-refractivity contribution in [2.75, 3.05) is 30.0 Å². The minimum atomic E-state index is 0.194. The van der Waals surface area contributed by atoms with Gasteiger partial charge >= 0.3 is 0 Å². The molecular weight excluding hydrogens is 228 g/mol. The van der Waals surface area contributed by atoms with E-state index in [1.807, 2.05) is 29.9 Å². The molecule has 2 aromatic rings. The highest BCUT2D eigenvalue weighted by atomic mass is 15.5. The molecular formula is C12H16N6. The zero-order valence-electron chi connectivity index (χ0n) is 10.2. The van der Waals surface area contributed by atoms with E-state index >= 15 is 0 Å². The predicted octanol–water partition coefficient (Wildman–Crippen LogP) is 1.31. The Balaban J connectivity index is 2.02. The van der Waals surface area contributed by atoms with Crippen LogP contribution in [0.4, 0.5) is 17.6 Å². The molecule has 3 rings (SSSR count). The van der Waals surface area contributed by atoms with Crippen molar-refractivity contribution in [3.05, 3.63) is 29.8 Å². The van der Waals surface area contributed by atoms with Crippen LogP contribution < -0.4 is 16.4 Å². The molecule has 0 saturated heterocycles. The highest BCUT2D eigenvalue weighted by Crippen LogP contribution is 2.29. The van der Waals surface area contributed by atoms with Crippen LogP contribution in [0.1, 0.15) is 18.0 Å². The Kier molecular flexibility index (Phi) is 2.55. The summed E-state index contributed by atoms with van der Waals surface area (Å²) in [6, 6.07) is 8.14. The number of anilines is 3. The average molecular weight is 244 g/mol. The number of nitrogens with two attached hydrogens (primary N) is 1. The van der Waals surface area contributed by atoms with Gasteiger partial charge in [0, 0.05) is 19.3 Å². The van der Waals surface area contributed by atoms with Crippen molar-refractivity contribution in [3.63, 3.8) is 0 Å². The van der Waals surface area contributed by atoms with Crippen LogP contribution in [0.25, 0.3) is 0 Å². The van der Waals surface area contributed by atoms with E-state index in [9.17, 15) is 0 Å². The van der Waals surface area contributed by atoms with Gasteiger partial charge in [0.15, 0.2) is 0 Å². The Bertz CT molecular complexity index is 561. The first-order chi connectivity index (χ1) is 8.78. The van der Waals surface area contributed by atoms with Crippen LogP contribution in [-0.4, -0.2) is 28.4 Å². The Labute approximate surface area is 105 Å². The molecule has 0 spiro atoms. The third-order valence-electron chi connectivity index (χ3n) is 3.15. The van der Waals surface area contributed by atoms with E-state index in [4.69, 9.17) is 5.73 Å². The van der Waals surface area contributed by atoms with Gasteiger partial charge in [-0.2, -0.15) is 4.98 Å². The maximum Gasteiger partial charge on any atom is 0.243 e. The average Bonchev–Trinajstić information content (AvgIpc) is 2.81. The SMILES string of the molecule is CNc1nc2n(n1)C(c1cccc(N)c1)CCN2. The second kappa shape index (κ2) is 4.21. The second-order valence-corrected chi connectivity index (χ2v) is 4.35. The summed E-state index contributed by atoms with van der Waals surface area (Å²) in [5.41, 5.74) is 7.79. The molecule has 0 saturated carbocycles. The van der Waals surface area contributed by atoms with Crippen molar-refractivity contribution in [3.8, 4) is 0 Å². The van der Waals surface area contributed by atoms with E-state index in [1.54, 1.807) is 0 Å². The van der Waals surface area contributed by atoms with Crippen LogP contribution in [0.15, 0.2) is 24.3 Å². The summed E-state index contributed by atoms with van der Waals surface area (Å²) in [7, 11) is 1.82. The Hall–Kier alpha value is -2.24. The molecule has 1 aromatic carbocycles. The van der Waals surface area contributed by atoms with Gasteiger partial charge in [0.25, 0.3) is 0 Å². The number of aromatic nitrogens is 3. The number of hydrogen-bond acceptors (Lipinski definition) is 5. The molecule has 0 bridgehead atoms. The lowest BCUT2D eigenvalue weighted by Crippen LogP contribution is -2.24. The molecule has 2 heterocycles. The number of hydrogen-bond donors (Lipinski definition) is 3. The Morgan fingerprint density at radius 3 is 3.17 bits per heavy atom. The number of nitrogens with zero attached hydrogens (tertiary/aromatic N) is 3. The summed E-state index contributed by atoms with van der Waals surface area (Å²) in [6.07, 6.45) is 0.975. The van der Waals surface area contributed by atoms with Gasteiger partial charge in [-0.05, 0) is 24.1 Å². The molecule has 1 aromatic heterocycles. The highest BCUT2D eigenvalue weighted by Gasteiger charge is 2.24. The fourth-order valence-electron chi connectivity index (χ4n) is 2.28. The minimum absolute atomic E-state index is 0.194. The van der Waals surface area contributed by atoms with Crippen molar-refractivity contribution >= 4 is 17.6 Å². The Morgan fingerprint density at radius 1 is 1.50 bits per heavy atom. The van der Waals surface area contributed by atoms with Gasteiger partial charge in [-0.15, -0.1) is 5.10 Å². The normalized spacial score (nSPS) is 17.9. The molecule has 0 aliphatic carbocycles. The van der Waals surface area contributed by atoms with Gasteiger partial charge in [-0.3, -0.25) is 0 Å². The van der Waals surface area contributed by atoms with Gasteiger partial charge in [0.1, 0.15) is 0 Å². The summed E-state index contributed by atoms with van der Waals surface area (Å²) in [4.78, 5) is 4.37. The quantitative estimate of drug-likeness (QED) is 0.694. The smallest absolute Gasteiger partial charge is 0.243 e. The van der Waals surface area contributed by atoms with Crippen LogP contribution in [0.3, 0.4) is 0 Å². The third kappa shape index (κ3) is 1.75. The molecule has 0 amide bonds. The van der Waals surface area contributed by atoms with Gasteiger partial charge in [0.05, 0.1) is 6.04 Å². The summed E-state index contributed by atoms with van der Waals surface area (Å²) in [5.74, 6) is 1.44. The van der Waals surface area contributed by atoms with E-state index in [0.29, 0.717) is 5.95 Å². The molecule has 1 atom stereocenters. The van der Waals surface area contributed by atoms with E-state index in [-0.39, 0.29) is 6.04 Å². The van der Waals surface area contributed by atoms with Crippen LogP contribution in [-0.2, 0) is 0 Å². The van der Waals surface area contributed by atoms with Crippen molar-refractivity contribution in [2.45, 2.75) is 12.5 Å². The van der Waals surface area contributed by atoms with Gasteiger partial charge in [-0.1, -0.05) is 12.1 Å². The monoisotopic (exact) mass is 244 g/mol. The Morgan fingerprint density at radius 2 is 2.39 bits per heavy atom. The number of benzene rings is 1. The first kappa shape index (κ1) is 10.9. The molecule has 18 heavy (non-hydrogen) atoms. The number of nitrogen functional groups attached to an aromatic ring is 1. The van der Waals surface area contributed by atoms with E-state index in [1.165, 1.54) is 5.56 Å². The van der Waals surface area contributed by atoms with Crippen molar-refractivity contribution in [1.29, 1.82) is 0 Å². The second-order valence-electron chi connectivity index (χ2n) is 4.35. The number of rotatable bonds is 2. The maximum absolute atomic E-state index is 5.84. The molecule has 94 valence electrons. The molecule has 1 aliphatic rings.